The Kier molecular flexibility index (Phi) is 12.6. The number of urea groups is 1. The van der Waals surface area contributed by atoms with Crippen LogP contribution in [0.3, 0.4) is 0 Å². The molecule has 0 aromatic heterocycles. The number of hydrogen-bond acceptors (Lipinski definition) is 1. The van der Waals surface area contributed by atoms with Crippen LogP contribution in [-0.4, -0.2) is 30.6 Å². The summed E-state index contributed by atoms with van der Waals surface area (Å²) < 4.78 is 0. The number of hydrogen-bond donors (Lipinski definition) is 1. The van der Waals surface area contributed by atoms with Crippen LogP contribution < -0.4 is 5.32 Å². The van der Waals surface area contributed by atoms with Gasteiger partial charge in [-0.3, -0.25) is 0 Å². The average molecular weight is 347 g/mol. The number of rotatable bonds is 5. The highest BCUT2D eigenvalue weighted by Gasteiger charge is 2.21. The second-order valence-electron chi connectivity index (χ2n) is 5.75. The number of nitrogens with zero attached hydrogens (tertiary/aromatic N) is 1. The van der Waals surface area contributed by atoms with Gasteiger partial charge in [0, 0.05) is 19.6 Å². The SMILES string of the molecule is CC.CC.CCC1=C(C)CN(C(=O)NCCc2ccc(CC)cc2)C1. The maximum atomic E-state index is 12.1. The lowest BCUT2D eigenvalue weighted by atomic mass is 10.1. The molecule has 0 saturated carbocycles. The van der Waals surface area contributed by atoms with Crippen molar-refractivity contribution in [2.45, 2.75) is 67.7 Å². The summed E-state index contributed by atoms with van der Waals surface area (Å²) in [6.45, 7) is 16.7. The van der Waals surface area contributed by atoms with Crippen LogP contribution in [0, 0.1) is 0 Å². The topological polar surface area (TPSA) is 32.3 Å². The van der Waals surface area contributed by atoms with Crippen LogP contribution in [0.1, 0.15) is 66.0 Å². The zero-order valence-corrected chi connectivity index (χ0v) is 17.4. The van der Waals surface area contributed by atoms with Crippen molar-refractivity contribution in [2.24, 2.45) is 0 Å². The van der Waals surface area contributed by atoms with Crippen molar-refractivity contribution in [3.8, 4) is 0 Å². The zero-order chi connectivity index (χ0) is 19.2. The lowest BCUT2D eigenvalue weighted by molar-refractivity contribution is 0.209. The number of carbonyl (C=O) groups is 1. The van der Waals surface area contributed by atoms with E-state index in [1.807, 2.05) is 32.6 Å². The summed E-state index contributed by atoms with van der Waals surface area (Å²) in [6.07, 6.45) is 2.99. The van der Waals surface area contributed by atoms with Crippen molar-refractivity contribution in [1.29, 1.82) is 0 Å². The molecule has 3 heteroatoms. The Labute approximate surface area is 155 Å². The van der Waals surface area contributed by atoms with E-state index in [2.05, 4.69) is 50.4 Å². The first kappa shape index (κ1) is 23.2. The molecule has 0 atom stereocenters. The van der Waals surface area contributed by atoms with Crippen LogP contribution in [0.2, 0.25) is 0 Å². The Morgan fingerprint density at radius 3 is 2.00 bits per heavy atom. The molecule has 0 spiro atoms. The van der Waals surface area contributed by atoms with E-state index in [4.69, 9.17) is 0 Å². The number of aryl methyl sites for hydroxylation is 1. The molecule has 0 saturated heterocycles. The van der Waals surface area contributed by atoms with Crippen molar-refractivity contribution in [1.82, 2.24) is 10.2 Å². The van der Waals surface area contributed by atoms with Gasteiger partial charge in [0.25, 0.3) is 0 Å². The highest BCUT2D eigenvalue weighted by Crippen LogP contribution is 2.19. The molecule has 0 bridgehead atoms. The molecule has 25 heavy (non-hydrogen) atoms. The van der Waals surface area contributed by atoms with Crippen LogP contribution in [0.15, 0.2) is 35.4 Å². The van der Waals surface area contributed by atoms with Crippen molar-refractivity contribution in [3.05, 3.63) is 46.5 Å². The molecule has 1 aliphatic rings. The minimum absolute atomic E-state index is 0.0583. The Balaban J connectivity index is 0.00000134. The molecule has 0 radical (unpaired) electrons. The molecule has 2 rings (SSSR count). The summed E-state index contributed by atoms with van der Waals surface area (Å²) in [5, 5.41) is 3.03. The predicted molar refractivity (Wildman–Crippen MR) is 110 cm³/mol. The van der Waals surface area contributed by atoms with Gasteiger partial charge in [-0.1, -0.05) is 77.0 Å². The molecule has 1 aromatic carbocycles. The van der Waals surface area contributed by atoms with Crippen molar-refractivity contribution in [3.63, 3.8) is 0 Å². The van der Waals surface area contributed by atoms with E-state index in [1.54, 1.807) is 0 Å². The second-order valence-corrected chi connectivity index (χ2v) is 5.75. The maximum absolute atomic E-state index is 12.1. The number of nitrogens with one attached hydrogen (secondary N) is 1. The van der Waals surface area contributed by atoms with Gasteiger partial charge in [0.2, 0.25) is 0 Å². The van der Waals surface area contributed by atoms with Gasteiger partial charge in [-0.15, -0.1) is 0 Å². The Bertz CT molecular complexity index is 517. The predicted octanol–water partition coefficient (Wildman–Crippen LogP) is 5.60. The van der Waals surface area contributed by atoms with Crippen LogP contribution in [0.5, 0.6) is 0 Å². The molecule has 2 amide bonds. The highest BCUT2D eigenvalue weighted by molar-refractivity contribution is 5.75. The van der Waals surface area contributed by atoms with Gasteiger partial charge in [0.15, 0.2) is 0 Å². The lowest BCUT2D eigenvalue weighted by Gasteiger charge is -2.17. The van der Waals surface area contributed by atoms with Crippen LogP contribution >= 0.6 is 0 Å². The quantitative estimate of drug-likeness (QED) is 0.692. The third-order valence-corrected chi connectivity index (χ3v) is 4.25. The third kappa shape index (κ3) is 7.76. The molecule has 0 fully saturated rings. The van der Waals surface area contributed by atoms with E-state index >= 15 is 0 Å². The molecule has 1 heterocycles. The summed E-state index contributed by atoms with van der Waals surface area (Å²) in [5.74, 6) is 0. The van der Waals surface area contributed by atoms with Crippen LogP contribution in [0.25, 0.3) is 0 Å². The normalized spacial score (nSPS) is 12.8. The average Bonchev–Trinajstić information content (AvgIpc) is 3.06. The van der Waals surface area contributed by atoms with E-state index in [0.717, 1.165) is 32.4 Å². The first-order valence-corrected chi connectivity index (χ1v) is 9.92. The van der Waals surface area contributed by atoms with Gasteiger partial charge in [-0.25, -0.2) is 4.79 Å². The molecule has 1 aromatic rings. The second kappa shape index (κ2) is 13.5. The van der Waals surface area contributed by atoms with Gasteiger partial charge in [-0.05, 0) is 37.3 Å². The van der Waals surface area contributed by atoms with Crippen molar-refractivity contribution in [2.75, 3.05) is 19.6 Å². The van der Waals surface area contributed by atoms with Gasteiger partial charge in [-0.2, -0.15) is 0 Å². The van der Waals surface area contributed by atoms with Crippen molar-refractivity contribution >= 4 is 6.03 Å². The minimum Gasteiger partial charge on any atom is -0.338 e. The molecule has 0 unspecified atom stereocenters. The fourth-order valence-corrected chi connectivity index (χ4v) is 2.74. The molecular weight excluding hydrogens is 308 g/mol. The molecule has 3 nitrogen and oxygen atoms in total. The Hall–Kier alpha value is -1.77. The summed E-state index contributed by atoms with van der Waals surface area (Å²) >= 11 is 0. The Morgan fingerprint density at radius 1 is 0.960 bits per heavy atom. The molecule has 142 valence electrons. The zero-order valence-electron chi connectivity index (χ0n) is 17.4. The van der Waals surface area contributed by atoms with E-state index < -0.39 is 0 Å². The molecule has 1 N–H and O–H groups in total. The van der Waals surface area contributed by atoms with Gasteiger partial charge in [0.05, 0.1) is 0 Å². The third-order valence-electron chi connectivity index (χ3n) is 4.25. The van der Waals surface area contributed by atoms with Gasteiger partial charge in [0.1, 0.15) is 0 Å². The highest BCUT2D eigenvalue weighted by atomic mass is 16.2. The molecule has 1 aliphatic heterocycles. The Morgan fingerprint density at radius 2 is 1.52 bits per heavy atom. The first-order chi connectivity index (χ1) is 12.1. The van der Waals surface area contributed by atoms with Crippen LogP contribution in [-0.2, 0) is 12.8 Å². The maximum Gasteiger partial charge on any atom is 0.317 e. The summed E-state index contributed by atoms with van der Waals surface area (Å²) in [4.78, 5) is 14.0. The smallest absolute Gasteiger partial charge is 0.317 e. The van der Waals surface area contributed by atoms with Gasteiger partial charge < -0.3 is 10.2 Å². The van der Waals surface area contributed by atoms with Crippen LogP contribution in [0.4, 0.5) is 4.79 Å². The monoisotopic (exact) mass is 346 g/mol. The van der Waals surface area contributed by atoms with Crippen molar-refractivity contribution < 1.29 is 4.79 Å². The largest absolute Gasteiger partial charge is 0.338 e. The fourth-order valence-electron chi connectivity index (χ4n) is 2.74. The number of amides is 2. The summed E-state index contributed by atoms with van der Waals surface area (Å²) in [6, 6.07) is 8.70. The summed E-state index contributed by atoms with van der Waals surface area (Å²) in [5.41, 5.74) is 5.38. The van der Waals surface area contributed by atoms with E-state index in [0.29, 0.717) is 6.54 Å². The molecular formula is C22H38N2O. The van der Waals surface area contributed by atoms with E-state index in [-0.39, 0.29) is 6.03 Å². The fraction of sp³-hybridized carbons (Fsp3) is 0.591. The standard InChI is InChI=1S/C18H26N2O.2C2H6/c1-4-15-6-8-16(9-7-15)10-11-19-18(21)20-12-14(3)17(5-2)13-20;2*1-2/h6-9H,4-5,10-13H2,1-3H3,(H,19,21);2*1-2H3. The minimum atomic E-state index is 0.0583. The summed E-state index contributed by atoms with van der Waals surface area (Å²) in [7, 11) is 0. The lowest BCUT2D eigenvalue weighted by Crippen LogP contribution is -2.39. The number of carbonyl (C=O) groups excluding carboxylic acids is 1. The first-order valence-electron chi connectivity index (χ1n) is 9.92. The molecule has 0 aliphatic carbocycles. The van der Waals surface area contributed by atoms with Gasteiger partial charge >= 0.3 is 6.03 Å². The van der Waals surface area contributed by atoms with E-state index in [1.165, 1.54) is 22.3 Å². The van der Waals surface area contributed by atoms with E-state index in [9.17, 15) is 4.79 Å². The number of benzene rings is 1.